The van der Waals surface area contributed by atoms with Crippen molar-refractivity contribution in [3.63, 3.8) is 0 Å². The van der Waals surface area contributed by atoms with E-state index in [1.807, 2.05) is 0 Å². The van der Waals surface area contributed by atoms with E-state index in [0.29, 0.717) is 6.61 Å². The molecule has 0 atom stereocenters. The molecule has 1 nitrogen and oxygen atoms in total. The highest BCUT2D eigenvalue weighted by molar-refractivity contribution is 9.08. The number of halogens is 1. The second kappa shape index (κ2) is 6.25. The number of ether oxygens (including phenoxy) is 1. The van der Waals surface area contributed by atoms with Crippen molar-refractivity contribution in [2.75, 3.05) is 0 Å². The van der Waals surface area contributed by atoms with E-state index in [0.717, 1.165) is 11.1 Å². The number of alkyl halides is 1. The molecule has 2 aromatic carbocycles. The molecule has 0 aliphatic heterocycles. The van der Waals surface area contributed by atoms with Crippen LogP contribution in [0, 0.1) is 20.8 Å². The van der Waals surface area contributed by atoms with Crippen LogP contribution >= 0.6 is 15.9 Å². The van der Waals surface area contributed by atoms with Gasteiger partial charge in [0.15, 0.2) is 0 Å². The predicted octanol–water partition coefficient (Wildman–Crippen LogP) is 5.09. The molecule has 0 saturated carbocycles. The highest BCUT2D eigenvalue weighted by Crippen LogP contribution is 2.27. The first-order valence-corrected chi connectivity index (χ1v) is 7.58. The topological polar surface area (TPSA) is 9.23 Å². The van der Waals surface area contributed by atoms with E-state index in [-0.39, 0.29) is 0 Å². The van der Waals surface area contributed by atoms with Crippen molar-refractivity contribution in [1.82, 2.24) is 0 Å². The van der Waals surface area contributed by atoms with E-state index in [9.17, 15) is 0 Å². The van der Waals surface area contributed by atoms with Gasteiger partial charge in [0.25, 0.3) is 0 Å². The summed E-state index contributed by atoms with van der Waals surface area (Å²) in [6, 6.07) is 12.6. The maximum absolute atomic E-state index is 6.08. The van der Waals surface area contributed by atoms with Crippen LogP contribution in [-0.4, -0.2) is 0 Å². The molecule has 0 N–H and O–H groups in total. The van der Waals surface area contributed by atoms with Gasteiger partial charge in [0.05, 0.1) is 0 Å². The van der Waals surface area contributed by atoms with Gasteiger partial charge in [-0.05, 0) is 43.0 Å². The molecule has 19 heavy (non-hydrogen) atoms. The summed E-state index contributed by atoms with van der Waals surface area (Å²) in [6.07, 6.45) is 0. The number of benzene rings is 2. The summed E-state index contributed by atoms with van der Waals surface area (Å²) in [5.41, 5.74) is 6.24. The number of para-hydroxylation sites is 1. The zero-order valence-electron chi connectivity index (χ0n) is 11.7. The fraction of sp³-hybridized carbons (Fsp3) is 0.294. The van der Waals surface area contributed by atoms with Crippen molar-refractivity contribution in [2.45, 2.75) is 32.7 Å². The summed E-state index contributed by atoms with van der Waals surface area (Å²) in [7, 11) is 0. The lowest BCUT2D eigenvalue weighted by molar-refractivity contribution is 0.300. The molecule has 0 saturated heterocycles. The zero-order valence-corrected chi connectivity index (χ0v) is 13.3. The fourth-order valence-corrected chi connectivity index (χ4v) is 2.69. The summed E-state index contributed by atoms with van der Waals surface area (Å²) in [5, 5.41) is 0.816. The molecule has 0 aliphatic rings. The predicted molar refractivity (Wildman–Crippen MR) is 84.1 cm³/mol. The van der Waals surface area contributed by atoms with Crippen LogP contribution < -0.4 is 4.74 Å². The normalized spacial score (nSPS) is 10.5. The Kier molecular flexibility index (Phi) is 4.65. The third kappa shape index (κ3) is 3.19. The van der Waals surface area contributed by atoms with Crippen molar-refractivity contribution in [2.24, 2.45) is 0 Å². The number of rotatable bonds is 4. The molecule has 2 aromatic rings. The largest absolute Gasteiger partial charge is 0.488 e. The molecule has 0 radical (unpaired) electrons. The molecular formula is C17H19BrO. The number of hydrogen-bond donors (Lipinski definition) is 0. The van der Waals surface area contributed by atoms with Crippen LogP contribution in [0.5, 0.6) is 5.75 Å². The first-order valence-electron chi connectivity index (χ1n) is 6.46. The molecule has 0 aromatic heterocycles. The molecule has 100 valence electrons. The molecule has 2 rings (SSSR count). The number of aryl methyl sites for hydroxylation is 3. The quantitative estimate of drug-likeness (QED) is 0.714. The van der Waals surface area contributed by atoms with Crippen molar-refractivity contribution < 1.29 is 4.74 Å². The van der Waals surface area contributed by atoms with Gasteiger partial charge >= 0.3 is 0 Å². The van der Waals surface area contributed by atoms with Crippen molar-refractivity contribution in [3.05, 3.63) is 64.2 Å². The Morgan fingerprint density at radius 3 is 2.11 bits per heavy atom. The van der Waals surface area contributed by atoms with Crippen LogP contribution in [0.4, 0.5) is 0 Å². The standard InChI is InChI=1S/C17H19BrO/c1-12-6-4-7-13(2)16(12)11-19-17-14(3)8-5-9-15(17)10-18/h4-9H,10-11H2,1-3H3. The Balaban J connectivity index is 2.24. The maximum atomic E-state index is 6.08. The highest BCUT2D eigenvalue weighted by Gasteiger charge is 2.08. The van der Waals surface area contributed by atoms with Gasteiger partial charge in [-0.1, -0.05) is 52.3 Å². The van der Waals surface area contributed by atoms with Gasteiger partial charge in [0.2, 0.25) is 0 Å². The van der Waals surface area contributed by atoms with Crippen molar-refractivity contribution >= 4 is 15.9 Å². The monoisotopic (exact) mass is 318 g/mol. The van der Waals surface area contributed by atoms with E-state index >= 15 is 0 Å². The van der Waals surface area contributed by atoms with Crippen LogP contribution in [0.2, 0.25) is 0 Å². The first kappa shape index (κ1) is 14.1. The summed E-state index contributed by atoms with van der Waals surface area (Å²) in [6.45, 7) is 6.99. The number of hydrogen-bond acceptors (Lipinski definition) is 1. The van der Waals surface area contributed by atoms with Crippen LogP contribution in [-0.2, 0) is 11.9 Å². The van der Waals surface area contributed by atoms with E-state index < -0.39 is 0 Å². The van der Waals surface area contributed by atoms with Crippen LogP contribution in [0.3, 0.4) is 0 Å². The molecule has 0 amide bonds. The lowest BCUT2D eigenvalue weighted by atomic mass is 10.0. The van der Waals surface area contributed by atoms with E-state index in [2.05, 4.69) is 73.1 Å². The molecule has 2 heteroatoms. The minimum absolute atomic E-state index is 0.628. The average molecular weight is 319 g/mol. The summed E-state index contributed by atoms with van der Waals surface area (Å²) in [5.74, 6) is 1.00. The molecule has 0 heterocycles. The van der Waals surface area contributed by atoms with Gasteiger partial charge in [-0.2, -0.15) is 0 Å². The lowest BCUT2D eigenvalue weighted by Gasteiger charge is -2.15. The fourth-order valence-electron chi connectivity index (χ4n) is 2.25. The lowest BCUT2D eigenvalue weighted by Crippen LogP contribution is -2.03. The summed E-state index contributed by atoms with van der Waals surface area (Å²) >= 11 is 3.52. The summed E-state index contributed by atoms with van der Waals surface area (Å²) in [4.78, 5) is 0. The Hall–Kier alpha value is -1.28. The van der Waals surface area contributed by atoms with Gasteiger partial charge in [0, 0.05) is 10.9 Å². The van der Waals surface area contributed by atoms with Gasteiger partial charge in [-0.15, -0.1) is 0 Å². The molecule has 0 unspecified atom stereocenters. The third-order valence-electron chi connectivity index (χ3n) is 3.44. The van der Waals surface area contributed by atoms with Crippen molar-refractivity contribution in [3.8, 4) is 5.75 Å². The molecule has 0 fully saturated rings. The van der Waals surface area contributed by atoms with Crippen LogP contribution in [0.25, 0.3) is 0 Å². The molecule has 0 aliphatic carbocycles. The Bertz CT molecular complexity index is 555. The first-order chi connectivity index (χ1) is 9.13. The zero-order chi connectivity index (χ0) is 13.8. The highest BCUT2D eigenvalue weighted by atomic mass is 79.9. The van der Waals surface area contributed by atoms with Gasteiger partial charge in [-0.25, -0.2) is 0 Å². The van der Waals surface area contributed by atoms with E-state index in [4.69, 9.17) is 4.74 Å². The van der Waals surface area contributed by atoms with E-state index in [1.165, 1.54) is 27.8 Å². The maximum Gasteiger partial charge on any atom is 0.126 e. The van der Waals surface area contributed by atoms with Gasteiger partial charge < -0.3 is 4.74 Å². The minimum atomic E-state index is 0.628. The van der Waals surface area contributed by atoms with Gasteiger partial charge in [-0.3, -0.25) is 0 Å². The smallest absolute Gasteiger partial charge is 0.126 e. The SMILES string of the molecule is Cc1cccc(C)c1COc1c(C)cccc1CBr. The molecular weight excluding hydrogens is 300 g/mol. The summed E-state index contributed by atoms with van der Waals surface area (Å²) < 4.78 is 6.08. The Morgan fingerprint density at radius 2 is 1.47 bits per heavy atom. The van der Waals surface area contributed by atoms with Crippen molar-refractivity contribution in [1.29, 1.82) is 0 Å². The molecule has 0 spiro atoms. The Labute approximate surface area is 123 Å². The Morgan fingerprint density at radius 1 is 0.895 bits per heavy atom. The van der Waals surface area contributed by atoms with Crippen LogP contribution in [0.15, 0.2) is 36.4 Å². The second-order valence-electron chi connectivity index (χ2n) is 4.86. The minimum Gasteiger partial charge on any atom is -0.488 e. The second-order valence-corrected chi connectivity index (χ2v) is 5.42. The van der Waals surface area contributed by atoms with E-state index in [1.54, 1.807) is 0 Å². The van der Waals surface area contributed by atoms with Crippen LogP contribution in [0.1, 0.15) is 27.8 Å². The average Bonchev–Trinajstić information content (AvgIpc) is 2.39. The van der Waals surface area contributed by atoms with Gasteiger partial charge in [0.1, 0.15) is 12.4 Å². The molecule has 0 bridgehead atoms. The third-order valence-corrected chi connectivity index (χ3v) is 4.05.